The molecule has 0 unspecified atom stereocenters. The number of ether oxygens (including phenoxy) is 1. The summed E-state index contributed by atoms with van der Waals surface area (Å²) in [5, 5.41) is 0. The highest BCUT2D eigenvalue weighted by Crippen LogP contribution is 2.11. The fourth-order valence-corrected chi connectivity index (χ4v) is 1.31. The van der Waals surface area contributed by atoms with E-state index in [0.29, 0.717) is 16.6 Å². The molecule has 0 aliphatic heterocycles. The molecule has 0 fully saturated rings. The summed E-state index contributed by atoms with van der Waals surface area (Å²) < 4.78 is 4.68. The van der Waals surface area contributed by atoms with Crippen molar-refractivity contribution in [2.45, 2.75) is 0 Å². The first-order valence-corrected chi connectivity index (χ1v) is 4.83. The van der Waals surface area contributed by atoms with Gasteiger partial charge in [-0.2, -0.15) is 0 Å². The van der Waals surface area contributed by atoms with E-state index in [9.17, 15) is 9.59 Å². The average molecular weight is 231 g/mol. The molecule has 0 spiro atoms. The smallest absolute Gasteiger partial charge is 0.338 e. The van der Waals surface area contributed by atoms with Crippen molar-refractivity contribution in [3.8, 4) is 0 Å². The number of fused-ring (bicyclic) bond motifs is 1. The third-order valence-electron chi connectivity index (χ3n) is 2.05. The van der Waals surface area contributed by atoms with Gasteiger partial charge in [0, 0.05) is 12.4 Å². The lowest BCUT2D eigenvalue weighted by Crippen LogP contribution is -2.20. The second-order valence-electron chi connectivity index (χ2n) is 3.30. The minimum Gasteiger partial charge on any atom is -0.452 e. The summed E-state index contributed by atoms with van der Waals surface area (Å²) in [6.07, 6.45) is 3.09. The lowest BCUT2D eigenvalue weighted by atomic mass is 10.2. The van der Waals surface area contributed by atoms with Gasteiger partial charge < -0.3 is 10.5 Å². The van der Waals surface area contributed by atoms with E-state index in [2.05, 4.69) is 14.7 Å². The van der Waals surface area contributed by atoms with Crippen LogP contribution in [-0.2, 0) is 9.53 Å². The molecule has 0 aliphatic carbocycles. The summed E-state index contributed by atoms with van der Waals surface area (Å²) in [6.45, 7) is -0.433. The number of esters is 1. The lowest BCUT2D eigenvalue weighted by molar-refractivity contribution is -0.121. The molecular weight excluding hydrogens is 222 g/mol. The lowest BCUT2D eigenvalue weighted by Gasteiger charge is -2.02. The van der Waals surface area contributed by atoms with Crippen LogP contribution in [0.25, 0.3) is 11.0 Å². The van der Waals surface area contributed by atoms with Crippen LogP contribution in [0.3, 0.4) is 0 Å². The Balaban J connectivity index is 2.24. The maximum atomic E-state index is 11.5. The Morgan fingerprint density at radius 1 is 1.18 bits per heavy atom. The third kappa shape index (κ3) is 2.54. The van der Waals surface area contributed by atoms with Crippen LogP contribution in [-0.4, -0.2) is 28.5 Å². The van der Waals surface area contributed by atoms with E-state index < -0.39 is 18.5 Å². The number of aromatic nitrogens is 2. The van der Waals surface area contributed by atoms with Gasteiger partial charge in [0.1, 0.15) is 0 Å². The summed E-state index contributed by atoms with van der Waals surface area (Å²) in [5.41, 5.74) is 6.44. The van der Waals surface area contributed by atoms with E-state index in [4.69, 9.17) is 5.73 Å². The standard InChI is InChI=1S/C11H9N3O3/c12-10(15)6-17-11(16)7-1-2-8-9(5-7)14-4-3-13-8/h1-5H,6H2,(H2,12,15). The molecule has 1 aromatic heterocycles. The molecule has 86 valence electrons. The van der Waals surface area contributed by atoms with Crippen molar-refractivity contribution in [1.82, 2.24) is 9.97 Å². The third-order valence-corrected chi connectivity index (χ3v) is 2.05. The molecule has 2 aromatic rings. The van der Waals surface area contributed by atoms with Crippen molar-refractivity contribution in [2.24, 2.45) is 5.73 Å². The molecule has 1 amide bonds. The van der Waals surface area contributed by atoms with Crippen molar-refractivity contribution < 1.29 is 14.3 Å². The number of carbonyl (C=O) groups excluding carboxylic acids is 2. The van der Waals surface area contributed by atoms with Gasteiger partial charge in [-0.3, -0.25) is 14.8 Å². The molecule has 0 saturated carbocycles. The van der Waals surface area contributed by atoms with E-state index >= 15 is 0 Å². The van der Waals surface area contributed by atoms with Crippen LogP contribution < -0.4 is 5.73 Å². The van der Waals surface area contributed by atoms with Gasteiger partial charge in [0.2, 0.25) is 0 Å². The van der Waals surface area contributed by atoms with Gasteiger partial charge in [-0.15, -0.1) is 0 Å². The quantitative estimate of drug-likeness (QED) is 0.765. The normalized spacial score (nSPS) is 10.1. The van der Waals surface area contributed by atoms with Crippen molar-refractivity contribution in [1.29, 1.82) is 0 Å². The monoisotopic (exact) mass is 231 g/mol. The topological polar surface area (TPSA) is 95.2 Å². The molecule has 0 atom stereocenters. The highest BCUT2D eigenvalue weighted by Gasteiger charge is 2.09. The fourth-order valence-electron chi connectivity index (χ4n) is 1.31. The number of rotatable bonds is 3. The van der Waals surface area contributed by atoms with E-state index in [1.54, 1.807) is 24.4 Å². The molecule has 1 aromatic carbocycles. The first kappa shape index (κ1) is 11.0. The predicted octanol–water partition coefficient (Wildman–Crippen LogP) is 0.272. The molecule has 2 N–H and O–H groups in total. The maximum absolute atomic E-state index is 11.5. The van der Waals surface area contributed by atoms with Crippen LogP contribution in [0, 0.1) is 0 Å². The minimum absolute atomic E-state index is 0.305. The summed E-state index contributed by atoms with van der Waals surface area (Å²) in [7, 11) is 0. The first-order valence-electron chi connectivity index (χ1n) is 4.83. The number of hydrogen-bond donors (Lipinski definition) is 1. The number of nitrogens with two attached hydrogens (primary N) is 1. The second kappa shape index (κ2) is 4.56. The molecule has 6 heteroatoms. The average Bonchev–Trinajstić information content (AvgIpc) is 2.35. The minimum atomic E-state index is -0.695. The van der Waals surface area contributed by atoms with E-state index in [-0.39, 0.29) is 0 Å². The van der Waals surface area contributed by atoms with E-state index in [0.717, 1.165) is 0 Å². The Bertz CT molecular complexity index is 583. The summed E-state index contributed by atoms with van der Waals surface area (Å²) >= 11 is 0. The number of hydrogen-bond acceptors (Lipinski definition) is 5. The van der Waals surface area contributed by atoms with Crippen LogP contribution in [0.15, 0.2) is 30.6 Å². The Morgan fingerprint density at radius 3 is 2.59 bits per heavy atom. The van der Waals surface area contributed by atoms with E-state index in [1.807, 2.05) is 0 Å². The second-order valence-corrected chi connectivity index (χ2v) is 3.30. The highest BCUT2D eigenvalue weighted by atomic mass is 16.5. The molecule has 1 heterocycles. The SMILES string of the molecule is NC(=O)COC(=O)c1ccc2nccnc2c1. The summed E-state index contributed by atoms with van der Waals surface area (Å²) in [6, 6.07) is 4.76. The summed E-state index contributed by atoms with van der Waals surface area (Å²) in [5.74, 6) is -1.31. The fraction of sp³-hybridized carbons (Fsp3) is 0.0909. The highest BCUT2D eigenvalue weighted by molar-refractivity contribution is 5.94. The summed E-state index contributed by atoms with van der Waals surface area (Å²) in [4.78, 5) is 30.1. The molecule has 17 heavy (non-hydrogen) atoms. The van der Waals surface area contributed by atoms with Gasteiger partial charge >= 0.3 is 5.97 Å². The molecule has 2 rings (SSSR count). The molecular formula is C11H9N3O3. The molecule has 0 bridgehead atoms. The zero-order chi connectivity index (χ0) is 12.3. The zero-order valence-corrected chi connectivity index (χ0v) is 8.79. The Morgan fingerprint density at radius 2 is 1.88 bits per heavy atom. The predicted molar refractivity (Wildman–Crippen MR) is 59.0 cm³/mol. The molecule has 0 radical (unpaired) electrons. The Hall–Kier alpha value is -2.50. The molecule has 6 nitrogen and oxygen atoms in total. The van der Waals surface area contributed by atoms with Gasteiger partial charge in [-0.05, 0) is 18.2 Å². The van der Waals surface area contributed by atoms with Gasteiger partial charge in [0.25, 0.3) is 5.91 Å². The number of primary amides is 1. The molecule has 0 saturated heterocycles. The largest absolute Gasteiger partial charge is 0.452 e. The maximum Gasteiger partial charge on any atom is 0.338 e. The number of nitrogens with zero attached hydrogens (tertiary/aromatic N) is 2. The van der Waals surface area contributed by atoms with Gasteiger partial charge in [-0.1, -0.05) is 0 Å². The van der Waals surface area contributed by atoms with Crippen LogP contribution in [0.1, 0.15) is 10.4 Å². The Labute approximate surface area is 96.4 Å². The van der Waals surface area contributed by atoms with Gasteiger partial charge in [0.15, 0.2) is 6.61 Å². The number of amides is 1. The van der Waals surface area contributed by atoms with Crippen LogP contribution in [0.5, 0.6) is 0 Å². The van der Waals surface area contributed by atoms with Crippen molar-refractivity contribution in [2.75, 3.05) is 6.61 Å². The number of benzene rings is 1. The zero-order valence-electron chi connectivity index (χ0n) is 8.79. The van der Waals surface area contributed by atoms with Crippen LogP contribution in [0.2, 0.25) is 0 Å². The van der Waals surface area contributed by atoms with Crippen molar-refractivity contribution >= 4 is 22.9 Å². The van der Waals surface area contributed by atoms with Crippen molar-refractivity contribution in [3.63, 3.8) is 0 Å². The molecule has 0 aliphatic rings. The van der Waals surface area contributed by atoms with E-state index in [1.165, 1.54) is 6.20 Å². The first-order chi connectivity index (χ1) is 8.16. The van der Waals surface area contributed by atoms with Crippen LogP contribution in [0.4, 0.5) is 0 Å². The Kier molecular flexibility index (Phi) is 2.95. The van der Waals surface area contributed by atoms with Gasteiger partial charge in [0.05, 0.1) is 16.6 Å². The van der Waals surface area contributed by atoms with Gasteiger partial charge in [-0.25, -0.2) is 4.79 Å². The van der Waals surface area contributed by atoms with Crippen LogP contribution >= 0.6 is 0 Å². The van der Waals surface area contributed by atoms with Crippen molar-refractivity contribution in [3.05, 3.63) is 36.2 Å². The number of carbonyl (C=O) groups is 2.